The molecule has 202 valence electrons. The van der Waals surface area contributed by atoms with Crippen LogP contribution in [0.3, 0.4) is 0 Å². The summed E-state index contributed by atoms with van der Waals surface area (Å²) < 4.78 is 27.0. The minimum Gasteiger partial charge on any atom is -0.494 e. The number of carbonyl (C=O) groups is 2. The lowest BCUT2D eigenvalue weighted by atomic mass is 9.71. The van der Waals surface area contributed by atoms with E-state index >= 15 is 0 Å². The fourth-order valence-corrected chi connectivity index (χ4v) is 5.20. The zero-order chi connectivity index (χ0) is 27.2. The van der Waals surface area contributed by atoms with Crippen LogP contribution in [-0.2, 0) is 19.1 Å². The van der Waals surface area contributed by atoms with Crippen molar-refractivity contribution in [2.45, 2.75) is 38.5 Å². The van der Waals surface area contributed by atoms with Gasteiger partial charge in [-0.2, -0.15) is 0 Å². The third-order valence-corrected chi connectivity index (χ3v) is 6.97. The smallest absolute Gasteiger partial charge is 0.336 e. The third kappa shape index (κ3) is 5.55. The molecule has 8 nitrogen and oxygen atoms in total. The van der Waals surface area contributed by atoms with Crippen LogP contribution >= 0.6 is 0 Å². The molecule has 0 spiro atoms. The lowest BCUT2D eigenvalue weighted by molar-refractivity contribution is -0.140. The molecule has 0 amide bonds. The Labute approximate surface area is 223 Å². The van der Waals surface area contributed by atoms with Crippen LogP contribution in [0.4, 0.5) is 0 Å². The number of dihydropyridines is 1. The second-order valence-electron chi connectivity index (χ2n) is 9.26. The molecule has 2 aromatic rings. The highest BCUT2D eigenvalue weighted by molar-refractivity contribution is 6.04. The number of carbonyl (C=O) groups excluding carboxylic acids is 2. The number of methoxy groups -OCH3 is 3. The zero-order valence-corrected chi connectivity index (χ0v) is 22.6. The van der Waals surface area contributed by atoms with E-state index in [0.29, 0.717) is 54.4 Å². The van der Waals surface area contributed by atoms with Gasteiger partial charge in [0.1, 0.15) is 12.4 Å². The number of ketones is 1. The van der Waals surface area contributed by atoms with Gasteiger partial charge in [0.2, 0.25) is 0 Å². The summed E-state index contributed by atoms with van der Waals surface area (Å²) in [6.07, 6.45) is 0.933. The van der Waals surface area contributed by atoms with Crippen LogP contribution in [-0.4, -0.2) is 52.9 Å². The highest BCUT2D eigenvalue weighted by Gasteiger charge is 2.41. The molecule has 0 saturated carbocycles. The average Bonchev–Trinajstić information content (AvgIpc) is 2.92. The molecule has 8 heteroatoms. The van der Waals surface area contributed by atoms with Gasteiger partial charge in [0.25, 0.3) is 0 Å². The second-order valence-corrected chi connectivity index (χ2v) is 9.26. The predicted octanol–water partition coefficient (Wildman–Crippen LogP) is 4.65. The van der Waals surface area contributed by atoms with Gasteiger partial charge in [-0.15, -0.1) is 0 Å². The van der Waals surface area contributed by atoms with E-state index in [1.165, 1.54) is 0 Å². The minimum absolute atomic E-state index is 0.00730. The van der Waals surface area contributed by atoms with E-state index in [4.69, 9.17) is 23.7 Å². The summed E-state index contributed by atoms with van der Waals surface area (Å²) in [6, 6.07) is 13.3. The minimum atomic E-state index is -0.546. The highest BCUT2D eigenvalue weighted by Crippen LogP contribution is 2.46. The molecule has 2 atom stereocenters. The molecule has 1 N–H and O–H groups in total. The monoisotopic (exact) mass is 521 g/mol. The molecule has 2 aromatic carbocycles. The molecule has 0 saturated heterocycles. The summed E-state index contributed by atoms with van der Waals surface area (Å²) in [5.74, 6) is 0.930. The number of rotatable bonds is 10. The van der Waals surface area contributed by atoms with Crippen LogP contribution in [0.5, 0.6) is 17.2 Å². The number of esters is 1. The van der Waals surface area contributed by atoms with E-state index in [0.717, 1.165) is 22.6 Å². The number of nitrogens with one attached hydrogen (secondary N) is 1. The molecule has 0 unspecified atom stereocenters. The van der Waals surface area contributed by atoms with Gasteiger partial charge in [-0.1, -0.05) is 18.2 Å². The highest BCUT2D eigenvalue weighted by atomic mass is 16.6. The summed E-state index contributed by atoms with van der Waals surface area (Å²) in [4.78, 5) is 27.1. The lowest BCUT2D eigenvalue weighted by Crippen LogP contribution is -2.36. The Balaban J connectivity index is 1.73. The van der Waals surface area contributed by atoms with Crippen molar-refractivity contribution >= 4 is 11.8 Å². The topological polar surface area (TPSA) is 92.3 Å². The second kappa shape index (κ2) is 12.2. The fraction of sp³-hybridized carbons (Fsp3) is 0.400. The van der Waals surface area contributed by atoms with Crippen molar-refractivity contribution in [2.75, 3.05) is 41.2 Å². The molecule has 0 aromatic heterocycles. The first-order valence-corrected chi connectivity index (χ1v) is 12.8. The molecule has 4 rings (SSSR count). The molecular weight excluding hydrogens is 486 g/mol. The Morgan fingerprint density at radius 1 is 0.947 bits per heavy atom. The maximum absolute atomic E-state index is 13.8. The van der Waals surface area contributed by atoms with E-state index < -0.39 is 11.9 Å². The SMILES string of the molecule is CCOc1ccc([C@H]2C(C(=O)OCCOC)=C(C)NC3=C2C(=O)C[C@@H](c2ccc(OC)c(OC)c2)C3)cc1. The molecule has 38 heavy (non-hydrogen) atoms. The molecular formula is C30H35NO7. The third-order valence-electron chi connectivity index (χ3n) is 6.97. The van der Waals surface area contributed by atoms with Crippen molar-refractivity contribution in [3.63, 3.8) is 0 Å². The standard InChI is InChI=1S/C30H35NO7/c1-6-37-22-10-7-19(8-11-22)28-27(30(33)38-14-13-34-3)18(2)31-23-15-21(16-24(32)29(23)28)20-9-12-25(35-4)26(17-20)36-5/h7-12,17,21,28,31H,6,13-16H2,1-5H3/t21-,28-/m0/s1. The van der Waals surface area contributed by atoms with Crippen molar-refractivity contribution in [2.24, 2.45) is 0 Å². The van der Waals surface area contributed by atoms with Gasteiger partial charge in [0.15, 0.2) is 17.3 Å². The van der Waals surface area contributed by atoms with Crippen LogP contribution in [0.1, 0.15) is 49.7 Å². The summed E-state index contributed by atoms with van der Waals surface area (Å²) in [6.45, 7) is 4.74. The van der Waals surface area contributed by atoms with Crippen LogP contribution in [0.25, 0.3) is 0 Å². The molecule has 0 fully saturated rings. The maximum Gasteiger partial charge on any atom is 0.336 e. The normalized spacial score (nSPS) is 19.0. The van der Waals surface area contributed by atoms with Crippen molar-refractivity contribution in [3.05, 3.63) is 76.1 Å². The van der Waals surface area contributed by atoms with Crippen molar-refractivity contribution in [1.29, 1.82) is 0 Å². The van der Waals surface area contributed by atoms with Gasteiger partial charge in [-0.3, -0.25) is 4.79 Å². The van der Waals surface area contributed by atoms with E-state index in [1.54, 1.807) is 21.3 Å². The Morgan fingerprint density at radius 2 is 1.66 bits per heavy atom. The molecule has 2 aliphatic rings. The Bertz CT molecular complexity index is 1250. The Morgan fingerprint density at radius 3 is 2.32 bits per heavy atom. The first kappa shape index (κ1) is 27.3. The summed E-state index contributed by atoms with van der Waals surface area (Å²) >= 11 is 0. The van der Waals surface area contributed by atoms with Crippen LogP contribution in [0.2, 0.25) is 0 Å². The first-order valence-electron chi connectivity index (χ1n) is 12.8. The van der Waals surface area contributed by atoms with Gasteiger partial charge < -0.3 is 29.0 Å². The van der Waals surface area contributed by atoms with Crippen molar-refractivity contribution in [3.8, 4) is 17.2 Å². The van der Waals surface area contributed by atoms with Gasteiger partial charge in [0.05, 0.1) is 33.0 Å². The van der Waals surface area contributed by atoms with E-state index in [2.05, 4.69) is 5.32 Å². The quantitative estimate of drug-likeness (QED) is 0.357. The average molecular weight is 522 g/mol. The Hall–Kier alpha value is -3.78. The predicted molar refractivity (Wildman–Crippen MR) is 143 cm³/mol. The Kier molecular flexibility index (Phi) is 8.73. The number of ether oxygens (including phenoxy) is 5. The van der Waals surface area contributed by atoms with Crippen molar-refractivity contribution in [1.82, 2.24) is 5.32 Å². The molecule has 1 heterocycles. The van der Waals surface area contributed by atoms with Gasteiger partial charge in [0, 0.05) is 36.4 Å². The van der Waals surface area contributed by atoms with Crippen LogP contribution in [0.15, 0.2) is 65.0 Å². The zero-order valence-electron chi connectivity index (χ0n) is 22.6. The molecule has 1 aliphatic carbocycles. The fourth-order valence-electron chi connectivity index (χ4n) is 5.20. The number of benzene rings is 2. The van der Waals surface area contributed by atoms with Gasteiger partial charge in [-0.25, -0.2) is 4.79 Å². The van der Waals surface area contributed by atoms with Crippen molar-refractivity contribution < 1.29 is 33.3 Å². The number of allylic oxidation sites excluding steroid dienone is 3. The molecule has 1 aliphatic heterocycles. The summed E-state index contributed by atoms with van der Waals surface area (Å²) in [5.41, 5.74) is 4.36. The largest absolute Gasteiger partial charge is 0.494 e. The van der Waals surface area contributed by atoms with E-state index in [1.807, 2.05) is 56.3 Å². The molecule has 0 bridgehead atoms. The van der Waals surface area contributed by atoms with Gasteiger partial charge >= 0.3 is 5.97 Å². The van der Waals surface area contributed by atoms with Crippen LogP contribution in [0, 0.1) is 0 Å². The van der Waals surface area contributed by atoms with E-state index in [-0.39, 0.29) is 18.3 Å². The molecule has 0 radical (unpaired) electrons. The number of hydrogen-bond acceptors (Lipinski definition) is 8. The maximum atomic E-state index is 13.8. The number of Topliss-reactive ketones (excluding diaryl/α,β-unsaturated/α-hetero) is 1. The van der Waals surface area contributed by atoms with E-state index in [9.17, 15) is 9.59 Å². The van der Waals surface area contributed by atoms with Crippen LogP contribution < -0.4 is 19.5 Å². The summed E-state index contributed by atoms with van der Waals surface area (Å²) in [5, 5.41) is 3.38. The van der Waals surface area contributed by atoms with Gasteiger partial charge in [-0.05, 0) is 61.6 Å². The first-order chi connectivity index (χ1) is 18.4. The summed E-state index contributed by atoms with van der Waals surface area (Å²) in [7, 11) is 4.74. The number of hydrogen-bond donors (Lipinski definition) is 1. The lowest BCUT2D eigenvalue weighted by Gasteiger charge is -2.36.